The summed E-state index contributed by atoms with van der Waals surface area (Å²) < 4.78 is 40.0. The molecule has 20 heavy (non-hydrogen) atoms. The number of hydrogen-bond donors (Lipinski definition) is 1. The van der Waals surface area contributed by atoms with E-state index in [4.69, 9.17) is 6.42 Å². The average Bonchev–Trinajstić information content (AvgIpc) is 2.37. The lowest BCUT2D eigenvalue weighted by atomic mass is 10.2. The maximum absolute atomic E-state index is 13.0. The van der Waals surface area contributed by atoms with Gasteiger partial charge in [0.2, 0.25) is 0 Å². The Bertz CT molecular complexity index is 797. The van der Waals surface area contributed by atoms with Crippen molar-refractivity contribution in [3.63, 3.8) is 0 Å². The predicted molar refractivity (Wildman–Crippen MR) is 79.3 cm³/mol. The maximum Gasteiger partial charge on any atom is 0.263 e. The normalized spacial score (nSPS) is 10.8. The summed E-state index contributed by atoms with van der Waals surface area (Å²) in [7, 11) is -3.82. The number of sulfonamides is 1. The Balaban J connectivity index is 2.38. The minimum absolute atomic E-state index is 0.0509. The Morgan fingerprint density at radius 1 is 1.20 bits per heavy atom. The molecule has 0 spiro atoms. The van der Waals surface area contributed by atoms with E-state index in [9.17, 15) is 12.8 Å². The van der Waals surface area contributed by atoms with Gasteiger partial charge >= 0.3 is 0 Å². The standard InChI is InChI=1S/C14H9BrFNO2S/c1-2-10-4-3-5-12(8-10)17-20(18,19)14-7-6-11(16)9-13(14)15/h1,3-9,17H. The molecule has 0 aromatic heterocycles. The number of terminal acetylenes is 1. The molecule has 0 amide bonds. The summed E-state index contributed by atoms with van der Waals surface area (Å²) in [6.45, 7) is 0. The first kappa shape index (κ1) is 14.6. The molecule has 0 bridgehead atoms. The highest BCUT2D eigenvalue weighted by molar-refractivity contribution is 9.10. The summed E-state index contributed by atoms with van der Waals surface area (Å²) in [5, 5.41) is 0. The largest absolute Gasteiger partial charge is 0.280 e. The molecule has 0 aliphatic carbocycles. The molecule has 0 heterocycles. The fourth-order valence-corrected chi connectivity index (χ4v) is 3.68. The van der Waals surface area contributed by atoms with Crippen molar-refractivity contribution in [1.29, 1.82) is 0 Å². The summed E-state index contributed by atoms with van der Waals surface area (Å²) in [5.74, 6) is 1.90. The van der Waals surface area contributed by atoms with E-state index in [0.29, 0.717) is 11.3 Å². The highest BCUT2D eigenvalue weighted by atomic mass is 79.9. The van der Waals surface area contributed by atoms with Crippen LogP contribution in [-0.2, 0) is 10.0 Å². The Kier molecular flexibility index (Phi) is 4.12. The molecule has 2 aromatic carbocycles. The molecular weight excluding hydrogens is 345 g/mol. The van der Waals surface area contributed by atoms with Crippen molar-refractivity contribution in [3.05, 3.63) is 58.3 Å². The molecule has 0 radical (unpaired) electrons. The summed E-state index contributed by atoms with van der Waals surface area (Å²) in [4.78, 5) is -0.0509. The Labute approximate surface area is 125 Å². The van der Waals surface area contributed by atoms with Crippen molar-refractivity contribution in [2.45, 2.75) is 4.90 Å². The zero-order valence-corrected chi connectivity index (χ0v) is 12.5. The van der Waals surface area contributed by atoms with Gasteiger partial charge in [-0.3, -0.25) is 4.72 Å². The molecule has 102 valence electrons. The third kappa shape index (κ3) is 3.18. The van der Waals surface area contributed by atoms with Crippen molar-refractivity contribution >= 4 is 31.6 Å². The fraction of sp³-hybridized carbons (Fsp3) is 0. The van der Waals surface area contributed by atoms with Crippen molar-refractivity contribution in [3.8, 4) is 12.3 Å². The molecule has 0 aliphatic rings. The lowest BCUT2D eigenvalue weighted by molar-refractivity contribution is 0.599. The minimum Gasteiger partial charge on any atom is -0.280 e. The molecule has 0 unspecified atom stereocenters. The molecule has 2 rings (SSSR count). The van der Waals surface area contributed by atoms with Crippen molar-refractivity contribution in [2.75, 3.05) is 4.72 Å². The number of nitrogens with one attached hydrogen (secondary N) is 1. The smallest absolute Gasteiger partial charge is 0.263 e. The van der Waals surface area contributed by atoms with E-state index in [1.807, 2.05) is 0 Å². The van der Waals surface area contributed by atoms with Crippen LogP contribution in [0.15, 0.2) is 51.8 Å². The number of anilines is 1. The second-order valence-electron chi connectivity index (χ2n) is 3.91. The SMILES string of the molecule is C#Cc1cccc(NS(=O)(=O)c2ccc(F)cc2Br)c1. The van der Waals surface area contributed by atoms with E-state index in [-0.39, 0.29) is 9.37 Å². The monoisotopic (exact) mass is 353 g/mol. The summed E-state index contributed by atoms with van der Waals surface area (Å²) in [6.07, 6.45) is 5.26. The van der Waals surface area contributed by atoms with Gasteiger partial charge in [0.25, 0.3) is 10.0 Å². The molecule has 0 atom stereocenters. The van der Waals surface area contributed by atoms with Crippen LogP contribution < -0.4 is 4.72 Å². The van der Waals surface area contributed by atoms with Crippen LogP contribution in [0.2, 0.25) is 0 Å². The Morgan fingerprint density at radius 3 is 2.60 bits per heavy atom. The van der Waals surface area contributed by atoms with Gasteiger partial charge in [0.05, 0.1) is 5.69 Å². The Morgan fingerprint density at radius 2 is 1.95 bits per heavy atom. The van der Waals surface area contributed by atoms with Gasteiger partial charge in [0, 0.05) is 10.0 Å². The van der Waals surface area contributed by atoms with Crippen LogP contribution in [0, 0.1) is 18.2 Å². The third-order valence-electron chi connectivity index (χ3n) is 2.46. The molecule has 0 aliphatic heterocycles. The Hall–Kier alpha value is -1.84. The van der Waals surface area contributed by atoms with Crippen LogP contribution in [0.5, 0.6) is 0 Å². The van der Waals surface area contributed by atoms with Gasteiger partial charge in [0.15, 0.2) is 0 Å². The van der Waals surface area contributed by atoms with Gasteiger partial charge in [-0.2, -0.15) is 0 Å². The third-order valence-corrected chi connectivity index (χ3v) is 4.82. The summed E-state index contributed by atoms with van der Waals surface area (Å²) in [6, 6.07) is 9.81. The van der Waals surface area contributed by atoms with Crippen LogP contribution in [0.1, 0.15) is 5.56 Å². The molecule has 0 fully saturated rings. The molecule has 2 aromatic rings. The van der Waals surface area contributed by atoms with Gasteiger partial charge in [0.1, 0.15) is 10.7 Å². The van der Waals surface area contributed by atoms with Crippen LogP contribution in [0.25, 0.3) is 0 Å². The maximum atomic E-state index is 13.0. The first-order valence-electron chi connectivity index (χ1n) is 5.47. The lowest BCUT2D eigenvalue weighted by Gasteiger charge is -2.10. The first-order chi connectivity index (χ1) is 9.42. The second-order valence-corrected chi connectivity index (χ2v) is 6.41. The number of halogens is 2. The van der Waals surface area contributed by atoms with E-state index >= 15 is 0 Å². The van der Waals surface area contributed by atoms with E-state index in [0.717, 1.165) is 12.1 Å². The van der Waals surface area contributed by atoms with Crippen LogP contribution in [0.4, 0.5) is 10.1 Å². The van der Waals surface area contributed by atoms with E-state index in [1.165, 1.54) is 12.1 Å². The summed E-state index contributed by atoms with van der Waals surface area (Å²) >= 11 is 3.03. The van der Waals surface area contributed by atoms with E-state index < -0.39 is 15.8 Å². The van der Waals surface area contributed by atoms with Crippen LogP contribution in [-0.4, -0.2) is 8.42 Å². The summed E-state index contributed by atoms with van der Waals surface area (Å²) in [5.41, 5.74) is 0.903. The predicted octanol–water partition coefficient (Wildman–Crippen LogP) is 3.37. The van der Waals surface area contributed by atoms with Gasteiger partial charge in [-0.05, 0) is 52.3 Å². The minimum atomic E-state index is -3.82. The van der Waals surface area contributed by atoms with E-state index in [1.54, 1.807) is 18.2 Å². The van der Waals surface area contributed by atoms with Gasteiger partial charge in [-0.1, -0.05) is 12.0 Å². The van der Waals surface area contributed by atoms with Gasteiger partial charge in [-0.15, -0.1) is 6.42 Å². The average molecular weight is 354 g/mol. The molecule has 0 saturated carbocycles. The van der Waals surface area contributed by atoms with Crippen LogP contribution in [0.3, 0.4) is 0 Å². The number of rotatable bonds is 3. The zero-order chi connectivity index (χ0) is 14.8. The fourth-order valence-electron chi connectivity index (χ4n) is 1.58. The van der Waals surface area contributed by atoms with Gasteiger partial charge in [-0.25, -0.2) is 12.8 Å². The van der Waals surface area contributed by atoms with E-state index in [2.05, 4.69) is 26.6 Å². The lowest BCUT2D eigenvalue weighted by Crippen LogP contribution is -2.13. The highest BCUT2D eigenvalue weighted by Gasteiger charge is 2.18. The van der Waals surface area contributed by atoms with Crippen molar-refractivity contribution < 1.29 is 12.8 Å². The molecule has 1 N–H and O–H groups in total. The van der Waals surface area contributed by atoms with Crippen LogP contribution >= 0.6 is 15.9 Å². The molecule has 3 nitrogen and oxygen atoms in total. The molecule has 6 heteroatoms. The zero-order valence-electron chi connectivity index (χ0n) is 10.1. The quantitative estimate of drug-likeness (QED) is 0.859. The van der Waals surface area contributed by atoms with Gasteiger partial charge < -0.3 is 0 Å². The molecular formula is C14H9BrFNO2S. The van der Waals surface area contributed by atoms with Crippen molar-refractivity contribution in [1.82, 2.24) is 0 Å². The highest BCUT2D eigenvalue weighted by Crippen LogP contribution is 2.25. The topological polar surface area (TPSA) is 46.2 Å². The van der Waals surface area contributed by atoms with Crippen molar-refractivity contribution in [2.24, 2.45) is 0 Å². The number of benzene rings is 2. The second kappa shape index (κ2) is 5.65. The number of hydrogen-bond acceptors (Lipinski definition) is 2. The molecule has 0 saturated heterocycles. The first-order valence-corrected chi connectivity index (χ1v) is 7.74.